The Hall–Kier alpha value is -4.20. The maximum absolute atomic E-state index is 13.0. The molecule has 1 heterocycles. The number of ether oxygens (including phenoxy) is 1. The van der Waals surface area contributed by atoms with Gasteiger partial charge >= 0.3 is 5.69 Å². The number of nitro benzene ring substituents is 1. The number of hydrogen-bond acceptors (Lipinski definition) is 6. The Morgan fingerprint density at radius 2 is 1.87 bits per heavy atom. The highest BCUT2D eigenvalue weighted by Crippen LogP contribution is 2.38. The largest absolute Gasteiger partial charge is 0.500 e. The molecule has 0 saturated carbocycles. The van der Waals surface area contributed by atoms with Crippen molar-refractivity contribution in [1.82, 2.24) is 0 Å². The molecule has 3 aromatic rings. The number of benzene rings is 3. The van der Waals surface area contributed by atoms with Gasteiger partial charge in [-0.15, -0.1) is 0 Å². The molecule has 1 amide bonds. The Kier molecular flexibility index (Phi) is 4.67. The summed E-state index contributed by atoms with van der Waals surface area (Å²) in [5, 5.41) is 28.9. The first-order valence-electron chi connectivity index (χ1n) is 9.05. The van der Waals surface area contributed by atoms with Gasteiger partial charge in [-0.25, -0.2) is 0 Å². The van der Waals surface area contributed by atoms with Gasteiger partial charge in [-0.1, -0.05) is 30.3 Å². The van der Waals surface area contributed by atoms with Gasteiger partial charge in [0.05, 0.1) is 29.0 Å². The maximum Gasteiger partial charge on any atom is 0.315 e. The van der Waals surface area contributed by atoms with E-state index in [-0.39, 0.29) is 11.7 Å². The topological polar surface area (TPSA) is 105 Å². The molecule has 4 rings (SSSR count). The van der Waals surface area contributed by atoms with E-state index in [2.05, 4.69) is 5.10 Å². The fraction of sp³-hybridized carbons (Fsp3) is 0.0909. The number of phenols is 1. The summed E-state index contributed by atoms with van der Waals surface area (Å²) in [4.78, 5) is 23.5. The second kappa shape index (κ2) is 7.32. The average molecular weight is 403 g/mol. The summed E-state index contributed by atoms with van der Waals surface area (Å²) in [5.41, 5.74) is 1.23. The van der Waals surface area contributed by atoms with E-state index in [0.29, 0.717) is 22.5 Å². The number of fused-ring (bicyclic) bond motifs is 1. The van der Waals surface area contributed by atoms with Crippen LogP contribution in [0.4, 0.5) is 11.4 Å². The maximum atomic E-state index is 13.0. The number of aromatic hydroxyl groups is 1. The van der Waals surface area contributed by atoms with Gasteiger partial charge < -0.3 is 9.84 Å². The quantitative estimate of drug-likeness (QED) is 0.398. The SMILES string of the molecule is COc1cc(/C=C2\C(=O)N(c3ccc4ccccc4c3)N=C2C)cc([N+](=O)[O-])c1O. The number of rotatable bonds is 4. The molecule has 0 aromatic heterocycles. The van der Waals surface area contributed by atoms with Gasteiger partial charge in [0.25, 0.3) is 5.91 Å². The van der Waals surface area contributed by atoms with E-state index in [9.17, 15) is 20.0 Å². The van der Waals surface area contributed by atoms with Gasteiger partial charge in [-0.2, -0.15) is 10.1 Å². The molecule has 0 unspecified atom stereocenters. The molecular weight excluding hydrogens is 386 g/mol. The molecule has 0 atom stereocenters. The third-order valence-corrected chi connectivity index (χ3v) is 4.84. The second-order valence-electron chi connectivity index (χ2n) is 6.74. The molecule has 1 aliphatic rings. The average Bonchev–Trinajstić information content (AvgIpc) is 3.02. The van der Waals surface area contributed by atoms with Crippen LogP contribution in [0.15, 0.2) is 65.3 Å². The summed E-state index contributed by atoms with van der Waals surface area (Å²) >= 11 is 0. The summed E-state index contributed by atoms with van der Waals surface area (Å²) in [5.74, 6) is -0.967. The fourth-order valence-electron chi connectivity index (χ4n) is 3.33. The molecule has 1 aliphatic heterocycles. The smallest absolute Gasteiger partial charge is 0.315 e. The molecule has 8 heteroatoms. The van der Waals surface area contributed by atoms with Gasteiger partial charge in [0.15, 0.2) is 5.75 Å². The lowest BCUT2D eigenvalue weighted by molar-refractivity contribution is -0.386. The molecule has 0 bridgehead atoms. The Balaban J connectivity index is 1.74. The molecule has 1 N–H and O–H groups in total. The Morgan fingerprint density at radius 1 is 1.13 bits per heavy atom. The molecule has 30 heavy (non-hydrogen) atoms. The first kappa shape index (κ1) is 19.1. The second-order valence-corrected chi connectivity index (χ2v) is 6.74. The number of carbonyl (C=O) groups excluding carboxylic acids is 1. The van der Waals surface area contributed by atoms with Crippen molar-refractivity contribution in [3.05, 3.63) is 75.8 Å². The number of hydrogen-bond donors (Lipinski definition) is 1. The Labute approximate surface area is 171 Å². The number of nitro groups is 1. The first-order chi connectivity index (χ1) is 14.4. The number of phenolic OH excluding ortho intramolecular Hbond substituents is 1. The highest BCUT2D eigenvalue weighted by molar-refractivity contribution is 6.32. The van der Waals surface area contributed by atoms with Crippen LogP contribution in [0.2, 0.25) is 0 Å². The lowest BCUT2D eigenvalue weighted by Crippen LogP contribution is -2.21. The lowest BCUT2D eigenvalue weighted by atomic mass is 10.1. The Bertz CT molecular complexity index is 1260. The summed E-state index contributed by atoms with van der Waals surface area (Å²) in [6.07, 6.45) is 1.50. The van der Waals surface area contributed by atoms with E-state index in [4.69, 9.17) is 4.74 Å². The molecule has 8 nitrogen and oxygen atoms in total. The number of carbonyl (C=O) groups is 1. The van der Waals surface area contributed by atoms with E-state index in [1.165, 1.54) is 30.3 Å². The van der Waals surface area contributed by atoms with Gasteiger partial charge in [-0.3, -0.25) is 14.9 Å². The van der Waals surface area contributed by atoms with Crippen molar-refractivity contribution in [1.29, 1.82) is 0 Å². The number of amides is 1. The molecular formula is C22H17N3O5. The molecule has 150 valence electrons. The number of methoxy groups -OCH3 is 1. The summed E-state index contributed by atoms with van der Waals surface area (Å²) in [7, 11) is 1.30. The van der Waals surface area contributed by atoms with Crippen molar-refractivity contribution in [3.8, 4) is 11.5 Å². The Morgan fingerprint density at radius 3 is 2.57 bits per heavy atom. The number of nitrogens with zero attached hydrogens (tertiary/aromatic N) is 3. The van der Waals surface area contributed by atoms with Crippen LogP contribution in [0.5, 0.6) is 11.5 Å². The minimum Gasteiger partial charge on any atom is -0.500 e. The van der Waals surface area contributed by atoms with E-state index in [0.717, 1.165) is 10.8 Å². The molecule has 0 fully saturated rings. The van der Waals surface area contributed by atoms with Crippen molar-refractivity contribution in [2.24, 2.45) is 5.10 Å². The molecule has 0 radical (unpaired) electrons. The zero-order valence-electron chi connectivity index (χ0n) is 16.2. The van der Waals surface area contributed by atoms with Crippen molar-refractivity contribution in [3.63, 3.8) is 0 Å². The lowest BCUT2D eigenvalue weighted by Gasteiger charge is -2.12. The highest BCUT2D eigenvalue weighted by Gasteiger charge is 2.29. The van der Waals surface area contributed by atoms with Crippen LogP contribution >= 0.6 is 0 Å². The summed E-state index contributed by atoms with van der Waals surface area (Å²) < 4.78 is 5.02. The number of anilines is 1. The zero-order chi connectivity index (χ0) is 21.4. The standard InChI is InChI=1S/C22H17N3O5/c1-13-18(9-14-10-19(25(28)29)21(26)20(11-14)30-2)22(27)24(23-13)17-8-7-15-5-3-4-6-16(15)12-17/h3-12,26H,1-2H3/b18-9-. The monoisotopic (exact) mass is 403 g/mol. The van der Waals surface area contributed by atoms with Gasteiger partial charge in [0.2, 0.25) is 5.75 Å². The van der Waals surface area contributed by atoms with E-state index >= 15 is 0 Å². The third kappa shape index (κ3) is 3.24. The fourth-order valence-corrected chi connectivity index (χ4v) is 3.33. The minimum atomic E-state index is -0.710. The predicted molar refractivity (Wildman–Crippen MR) is 114 cm³/mol. The van der Waals surface area contributed by atoms with Crippen molar-refractivity contribution in [2.75, 3.05) is 12.1 Å². The first-order valence-corrected chi connectivity index (χ1v) is 9.05. The van der Waals surface area contributed by atoms with Crippen LogP contribution in [0, 0.1) is 10.1 Å². The van der Waals surface area contributed by atoms with Crippen LogP contribution in [-0.4, -0.2) is 28.8 Å². The van der Waals surface area contributed by atoms with Crippen LogP contribution < -0.4 is 9.75 Å². The van der Waals surface area contributed by atoms with Crippen LogP contribution in [0.3, 0.4) is 0 Å². The van der Waals surface area contributed by atoms with E-state index < -0.39 is 16.4 Å². The van der Waals surface area contributed by atoms with Crippen molar-refractivity contribution < 1.29 is 19.6 Å². The van der Waals surface area contributed by atoms with Crippen LogP contribution in [0.1, 0.15) is 12.5 Å². The van der Waals surface area contributed by atoms with Crippen molar-refractivity contribution in [2.45, 2.75) is 6.92 Å². The molecule has 0 saturated heterocycles. The van der Waals surface area contributed by atoms with Gasteiger partial charge in [-0.05, 0) is 47.5 Å². The minimum absolute atomic E-state index is 0.0533. The third-order valence-electron chi connectivity index (χ3n) is 4.84. The van der Waals surface area contributed by atoms with E-state index in [1.54, 1.807) is 6.92 Å². The zero-order valence-corrected chi connectivity index (χ0v) is 16.2. The molecule has 3 aromatic carbocycles. The van der Waals surface area contributed by atoms with E-state index in [1.807, 2.05) is 42.5 Å². The molecule has 0 spiro atoms. The number of hydrazone groups is 1. The van der Waals surface area contributed by atoms with Gasteiger partial charge in [0.1, 0.15) is 0 Å². The predicted octanol–water partition coefficient (Wildman–Crippen LogP) is 4.27. The van der Waals surface area contributed by atoms with Crippen molar-refractivity contribution >= 4 is 39.8 Å². The van der Waals surface area contributed by atoms with Gasteiger partial charge in [0, 0.05) is 6.07 Å². The summed E-state index contributed by atoms with van der Waals surface area (Å²) in [6, 6.07) is 16.0. The molecule has 0 aliphatic carbocycles. The summed E-state index contributed by atoms with van der Waals surface area (Å²) in [6.45, 7) is 1.69. The normalized spacial score (nSPS) is 15.0. The van der Waals surface area contributed by atoms with Crippen LogP contribution in [0.25, 0.3) is 16.8 Å². The van der Waals surface area contributed by atoms with Crippen LogP contribution in [-0.2, 0) is 4.79 Å². The highest BCUT2D eigenvalue weighted by atomic mass is 16.6.